The number of hydrogen-bond donors (Lipinski definition) is 0. The monoisotopic (exact) mass is 593 g/mol. The van der Waals surface area contributed by atoms with Crippen molar-refractivity contribution < 1.29 is 0 Å². The molecule has 0 aliphatic heterocycles. The van der Waals surface area contributed by atoms with Crippen molar-refractivity contribution in [3.8, 4) is 16.8 Å². The lowest BCUT2D eigenvalue weighted by Gasteiger charge is -2.24. The summed E-state index contributed by atoms with van der Waals surface area (Å²) >= 11 is 1.85. The standard InChI is InChI=1S/C41H27N3S/c1-2-10-30(11-3-1)43(31-21-18-28(19-22-31)29-20-24-40-36(26-29)35-14-6-9-17-39(35)45-40)41-25-23-32(27-42-41)44-37-15-7-4-12-33(37)34-13-5-8-16-38(34)44/h1-27H. The molecule has 3 aromatic heterocycles. The summed E-state index contributed by atoms with van der Waals surface area (Å²) in [6, 6.07) is 56.2. The van der Waals surface area contributed by atoms with Gasteiger partial charge in [0.25, 0.3) is 0 Å². The first kappa shape index (κ1) is 25.8. The molecule has 0 saturated heterocycles. The van der Waals surface area contributed by atoms with Crippen molar-refractivity contribution in [2.45, 2.75) is 0 Å². The zero-order chi connectivity index (χ0) is 29.7. The number of fused-ring (bicyclic) bond motifs is 6. The molecule has 0 amide bonds. The average molecular weight is 594 g/mol. The molecule has 0 radical (unpaired) electrons. The molecule has 0 aliphatic carbocycles. The maximum Gasteiger partial charge on any atom is 0.137 e. The number of hydrogen-bond acceptors (Lipinski definition) is 3. The molecular formula is C41H27N3S. The Bertz CT molecular complexity index is 2420. The SMILES string of the molecule is c1ccc(N(c2ccc(-c3ccc4sc5ccccc5c4c3)cc2)c2ccc(-n3c4ccccc4c4ccccc43)cn2)cc1. The molecule has 0 saturated carbocycles. The molecule has 0 aliphatic rings. The largest absolute Gasteiger partial charge is 0.308 e. The van der Waals surface area contributed by atoms with Crippen LogP contribution in [0.2, 0.25) is 0 Å². The van der Waals surface area contributed by atoms with E-state index in [1.165, 1.54) is 53.1 Å². The molecule has 0 fully saturated rings. The van der Waals surface area contributed by atoms with Gasteiger partial charge in [-0.15, -0.1) is 11.3 Å². The van der Waals surface area contributed by atoms with Gasteiger partial charge in [0.05, 0.1) is 22.9 Å². The van der Waals surface area contributed by atoms with E-state index in [4.69, 9.17) is 4.98 Å². The minimum atomic E-state index is 0.865. The van der Waals surface area contributed by atoms with Gasteiger partial charge in [0.2, 0.25) is 0 Å². The molecule has 0 N–H and O–H groups in total. The fourth-order valence-electron chi connectivity index (χ4n) is 6.54. The van der Waals surface area contributed by atoms with E-state index < -0.39 is 0 Å². The van der Waals surface area contributed by atoms with Gasteiger partial charge in [-0.3, -0.25) is 4.90 Å². The zero-order valence-electron chi connectivity index (χ0n) is 24.3. The van der Waals surface area contributed by atoms with Crippen molar-refractivity contribution in [1.29, 1.82) is 0 Å². The molecule has 9 aromatic rings. The molecule has 0 spiro atoms. The Kier molecular flexibility index (Phi) is 6.00. The second kappa shape index (κ2) is 10.5. The predicted molar refractivity (Wildman–Crippen MR) is 192 cm³/mol. The normalized spacial score (nSPS) is 11.6. The van der Waals surface area contributed by atoms with Crippen LogP contribution in [0.15, 0.2) is 164 Å². The number of pyridine rings is 1. The summed E-state index contributed by atoms with van der Waals surface area (Å²) < 4.78 is 4.95. The molecule has 0 unspecified atom stereocenters. The zero-order valence-corrected chi connectivity index (χ0v) is 25.2. The molecule has 0 atom stereocenters. The van der Waals surface area contributed by atoms with Gasteiger partial charge >= 0.3 is 0 Å². The third-order valence-electron chi connectivity index (χ3n) is 8.65. The van der Waals surface area contributed by atoms with Crippen LogP contribution in [0.25, 0.3) is 58.8 Å². The van der Waals surface area contributed by atoms with Crippen LogP contribution in [0.4, 0.5) is 17.2 Å². The highest BCUT2D eigenvalue weighted by Crippen LogP contribution is 2.39. The number of aromatic nitrogens is 2. The van der Waals surface area contributed by atoms with Gasteiger partial charge in [-0.25, -0.2) is 4.98 Å². The van der Waals surface area contributed by atoms with Crippen LogP contribution in [-0.2, 0) is 0 Å². The van der Waals surface area contributed by atoms with E-state index in [0.29, 0.717) is 0 Å². The topological polar surface area (TPSA) is 21.1 Å². The van der Waals surface area contributed by atoms with Gasteiger partial charge in [-0.05, 0) is 77.9 Å². The summed E-state index contributed by atoms with van der Waals surface area (Å²) in [6.07, 6.45) is 1.99. The van der Waals surface area contributed by atoms with Crippen LogP contribution in [0.1, 0.15) is 0 Å². The number of nitrogens with zero attached hydrogens (tertiary/aromatic N) is 3. The number of benzene rings is 6. The van der Waals surface area contributed by atoms with Crippen LogP contribution in [-0.4, -0.2) is 9.55 Å². The van der Waals surface area contributed by atoms with Gasteiger partial charge in [0, 0.05) is 42.3 Å². The molecule has 3 heterocycles. The summed E-state index contributed by atoms with van der Waals surface area (Å²) in [6.45, 7) is 0. The molecule has 0 bridgehead atoms. The Morgan fingerprint density at radius 2 is 1.07 bits per heavy atom. The summed E-state index contributed by atoms with van der Waals surface area (Å²) in [7, 11) is 0. The second-order valence-electron chi connectivity index (χ2n) is 11.3. The third-order valence-corrected chi connectivity index (χ3v) is 9.80. The van der Waals surface area contributed by atoms with E-state index in [2.05, 4.69) is 161 Å². The Labute approximate surface area is 264 Å². The Morgan fingerprint density at radius 1 is 0.467 bits per heavy atom. The molecule has 45 heavy (non-hydrogen) atoms. The van der Waals surface area contributed by atoms with Crippen molar-refractivity contribution in [2.24, 2.45) is 0 Å². The highest BCUT2D eigenvalue weighted by Gasteiger charge is 2.16. The van der Waals surface area contributed by atoms with Gasteiger partial charge in [-0.2, -0.15) is 0 Å². The first-order valence-corrected chi connectivity index (χ1v) is 15.9. The van der Waals surface area contributed by atoms with Crippen LogP contribution >= 0.6 is 11.3 Å². The highest BCUT2D eigenvalue weighted by molar-refractivity contribution is 7.25. The van der Waals surface area contributed by atoms with E-state index in [9.17, 15) is 0 Å². The molecule has 4 heteroatoms. The van der Waals surface area contributed by atoms with Crippen LogP contribution < -0.4 is 4.90 Å². The van der Waals surface area contributed by atoms with Crippen molar-refractivity contribution in [3.05, 3.63) is 164 Å². The number of anilines is 3. The maximum atomic E-state index is 5.05. The molecule has 9 rings (SSSR count). The smallest absolute Gasteiger partial charge is 0.137 e. The fraction of sp³-hybridized carbons (Fsp3) is 0. The minimum Gasteiger partial charge on any atom is -0.308 e. The number of para-hydroxylation sites is 3. The number of rotatable bonds is 5. The van der Waals surface area contributed by atoms with Crippen molar-refractivity contribution in [1.82, 2.24) is 9.55 Å². The first-order chi connectivity index (χ1) is 22.3. The lowest BCUT2D eigenvalue weighted by molar-refractivity contribution is 1.11. The van der Waals surface area contributed by atoms with E-state index in [1.54, 1.807) is 0 Å². The van der Waals surface area contributed by atoms with Crippen molar-refractivity contribution >= 4 is 70.5 Å². The van der Waals surface area contributed by atoms with Crippen LogP contribution in [0, 0.1) is 0 Å². The molecular weight excluding hydrogens is 567 g/mol. The molecule has 3 nitrogen and oxygen atoms in total. The summed E-state index contributed by atoms with van der Waals surface area (Å²) in [4.78, 5) is 7.26. The summed E-state index contributed by atoms with van der Waals surface area (Å²) in [5.74, 6) is 0.865. The van der Waals surface area contributed by atoms with Crippen molar-refractivity contribution in [2.75, 3.05) is 4.90 Å². The Morgan fingerprint density at radius 3 is 1.78 bits per heavy atom. The van der Waals surface area contributed by atoms with Crippen LogP contribution in [0.5, 0.6) is 0 Å². The minimum absolute atomic E-state index is 0.865. The maximum absolute atomic E-state index is 5.05. The average Bonchev–Trinajstić information content (AvgIpc) is 3.65. The lowest BCUT2D eigenvalue weighted by atomic mass is 10.0. The van der Waals surface area contributed by atoms with Gasteiger partial charge in [0.15, 0.2) is 0 Å². The predicted octanol–water partition coefficient (Wildman–Crippen LogP) is 11.7. The Balaban J connectivity index is 1.11. The van der Waals surface area contributed by atoms with E-state index in [0.717, 1.165) is 22.9 Å². The van der Waals surface area contributed by atoms with E-state index >= 15 is 0 Å². The lowest BCUT2D eigenvalue weighted by Crippen LogP contribution is -2.11. The number of thiophene rings is 1. The first-order valence-electron chi connectivity index (χ1n) is 15.1. The molecule has 212 valence electrons. The summed E-state index contributed by atoms with van der Waals surface area (Å²) in [5.41, 5.74) is 7.93. The Hall–Kier alpha value is -5.71. The van der Waals surface area contributed by atoms with Gasteiger partial charge < -0.3 is 4.57 Å². The van der Waals surface area contributed by atoms with Crippen molar-refractivity contribution in [3.63, 3.8) is 0 Å². The highest BCUT2D eigenvalue weighted by atomic mass is 32.1. The van der Waals surface area contributed by atoms with E-state index in [1.807, 2.05) is 23.6 Å². The van der Waals surface area contributed by atoms with Crippen LogP contribution in [0.3, 0.4) is 0 Å². The second-order valence-corrected chi connectivity index (χ2v) is 12.4. The van der Waals surface area contributed by atoms with E-state index in [-0.39, 0.29) is 0 Å². The van der Waals surface area contributed by atoms with Gasteiger partial charge in [0.1, 0.15) is 5.82 Å². The fourth-order valence-corrected chi connectivity index (χ4v) is 7.63. The third kappa shape index (κ3) is 4.30. The van der Waals surface area contributed by atoms with Gasteiger partial charge in [-0.1, -0.05) is 91.0 Å². The summed E-state index contributed by atoms with van der Waals surface area (Å²) in [5, 5.41) is 5.13. The quantitative estimate of drug-likeness (QED) is 0.198. The molecule has 6 aromatic carbocycles.